The van der Waals surface area contributed by atoms with Crippen molar-refractivity contribution in [2.24, 2.45) is 0 Å². The molecule has 5 heteroatoms. The lowest BCUT2D eigenvalue weighted by Crippen LogP contribution is -2.38. The first kappa shape index (κ1) is 16.6. The molecule has 0 aliphatic carbocycles. The quantitative estimate of drug-likeness (QED) is 0.821. The average Bonchev–Trinajstić information content (AvgIpc) is 3.08. The molecule has 2 aromatic rings. The van der Waals surface area contributed by atoms with E-state index in [-0.39, 0.29) is 12.1 Å². The maximum absolute atomic E-state index is 10.9. The molecule has 0 saturated carbocycles. The number of aliphatic hydroxyl groups excluding tert-OH is 1. The molecule has 0 aromatic heterocycles. The molecule has 1 aliphatic rings. The van der Waals surface area contributed by atoms with Gasteiger partial charge in [-0.1, -0.05) is 35.3 Å². The monoisotopic (exact) mass is 351 g/mol. The van der Waals surface area contributed by atoms with Crippen LogP contribution in [0.4, 0.5) is 5.69 Å². The first-order valence-electron chi connectivity index (χ1n) is 7.71. The van der Waals surface area contributed by atoms with Crippen LogP contribution in [-0.2, 0) is 4.74 Å². The number of anilines is 1. The lowest BCUT2D eigenvalue weighted by molar-refractivity contribution is 0.0401. The van der Waals surface area contributed by atoms with Crippen molar-refractivity contribution in [1.29, 1.82) is 0 Å². The summed E-state index contributed by atoms with van der Waals surface area (Å²) in [6.07, 6.45) is 1.17. The van der Waals surface area contributed by atoms with E-state index in [2.05, 4.69) is 5.32 Å². The first-order valence-corrected chi connectivity index (χ1v) is 8.46. The summed E-state index contributed by atoms with van der Waals surface area (Å²) in [4.78, 5) is 0. The van der Waals surface area contributed by atoms with Gasteiger partial charge >= 0.3 is 0 Å². The number of hydrogen-bond acceptors (Lipinski definition) is 3. The maximum Gasteiger partial charge on any atom is 0.102 e. The minimum Gasteiger partial charge on any atom is -0.386 e. The molecule has 3 atom stereocenters. The van der Waals surface area contributed by atoms with Gasteiger partial charge in [0, 0.05) is 22.3 Å². The van der Waals surface area contributed by atoms with Gasteiger partial charge in [-0.25, -0.2) is 0 Å². The van der Waals surface area contributed by atoms with Crippen molar-refractivity contribution >= 4 is 28.9 Å². The minimum absolute atomic E-state index is 0.0420. The van der Waals surface area contributed by atoms with Gasteiger partial charge in [-0.05, 0) is 54.8 Å². The minimum atomic E-state index is -0.715. The largest absolute Gasteiger partial charge is 0.386 e. The van der Waals surface area contributed by atoms with Gasteiger partial charge in [0.2, 0.25) is 0 Å². The molecule has 1 heterocycles. The van der Waals surface area contributed by atoms with E-state index in [1.165, 1.54) is 0 Å². The summed E-state index contributed by atoms with van der Waals surface area (Å²) in [6, 6.07) is 14.5. The Labute approximate surface area is 146 Å². The van der Waals surface area contributed by atoms with Gasteiger partial charge in [0.1, 0.15) is 6.10 Å². The highest BCUT2D eigenvalue weighted by Crippen LogP contribution is 2.30. The lowest BCUT2D eigenvalue weighted by atomic mass is 9.96. The van der Waals surface area contributed by atoms with Crippen molar-refractivity contribution in [2.45, 2.75) is 31.1 Å². The lowest BCUT2D eigenvalue weighted by Gasteiger charge is -2.30. The van der Waals surface area contributed by atoms with Crippen molar-refractivity contribution in [3.8, 4) is 0 Å². The Hall–Kier alpha value is -1.26. The highest BCUT2D eigenvalue weighted by Gasteiger charge is 2.32. The molecular formula is C18H19Cl2NO2. The third-order valence-electron chi connectivity index (χ3n) is 4.07. The van der Waals surface area contributed by atoms with Gasteiger partial charge in [0.25, 0.3) is 0 Å². The predicted octanol–water partition coefficient (Wildman–Crippen LogP) is 4.69. The van der Waals surface area contributed by atoms with Gasteiger partial charge in [-0.3, -0.25) is 0 Å². The third kappa shape index (κ3) is 4.18. The number of nitrogens with one attached hydrogen (secondary N) is 1. The van der Waals surface area contributed by atoms with Gasteiger partial charge in [0.05, 0.1) is 12.1 Å². The van der Waals surface area contributed by atoms with Gasteiger partial charge in [-0.2, -0.15) is 0 Å². The van der Waals surface area contributed by atoms with E-state index in [0.29, 0.717) is 10.0 Å². The molecule has 2 aromatic carbocycles. The summed E-state index contributed by atoms with van der Waals surface area (Å²) in [6.45, 7) is 0.728. The number of halogens is 2. The molecular weight excluding hydrogens is 333 g/mol. The van der Waals surface area contributed by atoms with Crippen LogP contribution >= 0.6 is 23.2 Å². The van der Waals surface area contributed by atoms with E-state index >= 15 is 0 Å². The van der Waals surface area contributed by atoms with Crippen molar-refractivity contribution in [3.05, 3.63) is 64.1 Å². The molecule has 0 spiro atoms. The topological polar surface area (TPSA) is 41.5 Å². The summed E-state index contributed by atoms with van der Waals surface area (Å²) in [5.74, 6) is 0. The second-order valence-corrected chi connectivity index (χ2v) is 6.60. The zero-order valence-corrected chi connectivity index (χ0v) is 14.1. The van der Waals surface area contributed by atoms with Crippen LogP contribution in [0.3, 0.4) is 0 Å². The highest BCUT2D eigenvalue weighted by atomic mass is 35.5. The molecule has 1 unspecified atom stereocenters. The molecule has 23 heavy (non-hydrogen) atoms. The van der Waals surface area contributed by atoms with Crippen LogP contribution in [0.1, 0.15) is 24.5 Å². The van der Waals surface area contributed by atoms with Gasteiger partial charge in [0.15, 0.2) is 0 Å². The summed E-state index contributed by atoms with van der Waals surface area (Å²) >= 11 is 12.0. The molecule has 0 radical (unpaired) electrons. The molecule has 1 fully saturated rings. The van der Waals surface area contributed by atoms with E-state index in [0.717, 1.165) is 30.7 Å². The smallest absolute Gasteiger partial charge is 0.102 e. The van der Waals surface area contributed by atoms with Crippen LogP contribution in [0, 0.1) is 0 Å². The Balaban J connectivity index is 1.84. The summed E-state index contributed by atoms with van der Waals surface area (Å²) in [5, 5.41) is 15.5. The molecule has 0 amide bonds. The number of ether oxygens (including phenoxy) is 1. The van der Waals surface area contributed by atoms with Crippen molar-refractivity contribution in [2.75, 3.05) is 11.9 Å². The Bertz CT molecular complexity index is 642. The molecule has 122 valence electrons. The van der Waals surface area contributed by atoms with Crippen LogP contribution in [-0.4, -0.2) is 23.9 Å². The first-order chi connectivity index (χ1) is 11.1. The SMILES string of the molecule is OC(c1cccc(Cl)c1)[C@@H](Nc1ccc(Cl)cc1)[C@H]1CCCO1. The summed E-state index contributed by atoms with van der Waals surface area (Å²) < 4.78 is 5.80. The number of aliphatic hydroxyl groups is 1. The van der Waals surface area contributed by atoms with E-state index in [9.17, 15) is 5.11 Å². The highest BCUT2D eigenvalue weighted by molar-refractivity contribution is 6.30. The zero-order chi connectivity index (χ0) is 16.2. The van der Waals surface area contributed by atoms with Crippen molar-refractivity contribution in [3.63, 3.8) is 0 Å². The van der Waals surface area contributed by atoms with Gasteiger partial charge < -0.3 is 15.2 Å². The Morgan fingerprint density at radius 2 is 1.87 bits per heavy atom. The Kier molecular flexibility index (Phi) is 5.44. The standard InChI is InChI=1S/C18H19Cl2NO2/c19-13-6-8-15(9-7-13)21-17(16-5-2-10-23-16)18(22)12-3-1-4-14(20)11-12/h1,3-4,6-9,11,16-18,21-22H,2,5,10H2/t16-,17+,18?/m1/s1. The third-order valence-corrected chi connectivity index (χ3v) is 4.56. The van der Waals surface area contributed by atoms with Crippen LogP contribution in [0.2, 0.25) is 10.0 Å². The van der Waals surface area contributed by atoms with Crippen LogP contribution in [0.5, 0.6) is 0 Å². The summed E-state index contributed by atoms with van der Waals surface area (Å²) in [7, 11) is 0. The van der Waals surface area contributed by atoms with Crippen LogP contribution in [0.25, 0.3) is 0 Å². The van der Waals surface area contributed by atoms with E-state index < -0.39 is 6.10 Å². The fourth-order valence-electron chi connectivity index (χ4n) is 2.90. The molecule has 3 nitrogen and oxygen atoms in total. The maximum atomic E-state index is 10.9. The van der Waals surface area contributed by atoms with E-state index in [1.807, 2.05) is 36.4 Å². The Morgan fingerprint density at radius 3 is 2.52 bits per heavy atom. The molecule has 2 N–H and O–H groups in total. The fraction of sp³-hybridized carbons (Fsp3) is 0.333. The van der Waals surface area contributed by atoms with Crippen molar-refractivity contribution < 1.29 is 9.84 Å². The summed E-state index contributed by atoms with van der Waals surface area (Å²) in [5.41, 5.74) is 1.68. The number of benzene rings is 2. The molecule has 1 aliphatic heterocycles. The second-order valence-electron chi connectivity index (χ2n) is 5.73. The van der Waals surface area contributed by atoms with Crippen LogP contribution in [0.15, 0.2) is 48.5 Å². The van der Waals surface area contributed by atoms with Gasteiger partial charge in [-0.15, -0.1) is 0 Å². The molecule has 0 bridgehead atoms. The molecule has 1 saturated heterocycles. The van der Waals surface area contributed by atoms with E-state index in [1.54, 1.807) is 12.1 Å². The Morgan fingerprint density at radius 1 is 1.09 bits per heavy atom. The van der Waals surface area contributed by atoms with Crippen molar-refractivity contribution in [1.82, 2.24) is 0 Å². The number of rotatable bonds is 5. The normalized spacial score (nSPS) is 20.2. The predicted molar refractivity (Wildman–Crippen MR) is 94.2 cm³/mol. The second kappa shape index (κ2) is 7.54. The average molecular weight is 352 g/mol. The zero-order valence-electron chi connectivity index (χ0n) is 12.6. The van der Waals surface area contributed by atoms with E-state index in [4.69, 9.17) is 27.9 Å². The molecule has 3 rings (SSSR count). The van der Waals surface area contributed by atoms with Crippen LogP contribution < -0.4 is 5.32 Å². The fourth-order valence-corrected chi connectivity index (χ4v) is 3.22. The number of hydrogen-bond donors (Lipinski definition) is 2.